The fourth-order valence-corrected chi connectivity index (χ4v) is 8.41. The topological polar surface area (TPSA) is 107 Å². The molecule has 0 spiro atoms. The minimum absolute atomic E-state index is 0.0636. The minimum Gasteiger partial charge on any atom is -0.508 e. The molecule has 0 bridgehead atoms. The number of nitrogens with one attached hydrogen (secondary N) is 1. The lowest BCUT2D eigenvalue weighted by Gasteiger charge is -2.50. The second-order valence-corrected chi connectivity index (χ2v) is 12.7. The van der Waals surface area contributed by atoms with E-state index in [2.05, 4.69) is 5.43 Å². The summed E-state index contributed by atoms with van der Waals surface area (Å²) in [5.41, 5.74) is 5.04. The maximum atomic E-state index is 15.0. The number of halogens is 1. The molecule has 3 aromatic carbocycles. The highest BCUT2D eigenvalue weighted by molar-refractivity contribution is 6.30. The number of phenolic OH excluding ortho intramolecular Hbond substituents is 1. The van der Waals surface area contributed by atoms with E-state index < -0.39 is 46.8 Å². The average molecular weight is 610 g/mol. The van der Waals surface area contributed by atoms with Crippen molar-refractivity contribution >= 4 is 40.9 Å². The number of imide groups is 2. The van der Waals surface area contributed by atoms with Gasteiger partial charge in [0.25, 0.3) is 11.8 Å². The molecule has 44 heavy (non-hydrogen) atoms. The van der Waals surface area contributed by atoms with E-state index in [4.69, 9.17) is 11.6 Å². The number of allylic oxidation sites excluding steroid dienone is 2. The molecule has 4 amide bonds. The molecule has 3 aromatic rings. The molecule has 9 heteroatoms. The lowest BCUT2D eigenvalue weighted by atomic mass is 9.49. The van der Waals surface area contributed by atoms with E-state index in [1.54, 1.807) is 19.1 Å². The number of carbonyl (C=O) groups is 4. The monoisotopic (exact) mass is 609 g/mol. The number of hydrogen-bond acceptors (Lipinski definition) is 6. The van der Waals surface area contributed by atoms with E-state index in [0.717, 1.165) is 16.1 Å². The summed E-state index contributed by atoms with van der Waals surface area (Å²) in [6, 6.07) is 21.3. The maximum absolute atomic E-state index is 15.0. The number of anilines is 1. The van der Waals surface area contributed by atoms with Crippen LogP contribution in [0.15, 0.2) is 84.4 Å². The van der Waals surface area contributed by atoms with Crippen molar-refractivity contribution in [2.24, 2.45) is 23.7 Å². The summed E-state index contributed by atoms with van der Waals surface area (Å²) in [5, 5.41) is 12.8. The van der Waals surface area contributed by atoms with E-state index in [1.165, 1.54) is 11.0 Å². The molecule has 2 saturated heterocycles. The molecule has 3 fully saturated rings. The van der Waals surface area contributed by atoms with Crippen molar-refractivity contribution in [2.75, 3.05) is 12.0 Å². The van der Waals surface area contributed by atoms with Gasteiger partial charge in [-0.05, 0) is 68.5 Å². The number of likely N-dealkylation sites (tertiary alicyclic amines) is 1. The van der Waals surface area contributed by atoms with Crippen molar-refractivity contribution < 1.29 is 24.3 Å². The van der Waals surface area contributed by atoms with Crippen LogP contribution in [-0.4, -0.2) is 45.2 Å². The standard InChI is InChI=1S/C35H32ClN3O5/c1-3-38-31(41)24-15-14-23-25(29(24)33(38)43)18-27-32(42)39(37-22-12-9-19(2)10-13-22)34(44)35(27,20-7-5-4-6-8-20)30(23)26-17-21(36)11-16-28(26)40/h4-14,16-17,24-25,27,29-30,37,40H,3,15,18H2,1-2H3. The van der Waals surface area contributed by atoms with Crippen LogP contribution < -0.4 is 5.43 Å². The van der Waals surface area contributed by atoms with Crippen molar-refractivity contribution in [3.05, 3.63) is 106 Å². The first kappa shape index (κ1) is 28.3. The average Bonchev–Trinajstić information content (AvgIpc) is 3.40. The Morgan fingerprint density at radius 1 is 0.932 bits per heavy atom. The van der Waals surface area contributed by atoms with Gasteiger partial charge >= 0.3 is 0 Å². The van der Waals surface area contributed by atoms with Crippen LogP contribution in [0.5, 0.6) is 5.75 Å². The predicted octanol–water partition coefficient (Wildman–Crippen LogP) is 5.36. The van der Waals surface area contributed by atoms with E-state index in [9.17, 15) is 19.5 Å². The number of phenols is 1. The lowest BCUT2D eigenvalue weighted by Crippen LogP contribution is -2.53. The van der Waals surface area contributed by atoms with Crippen LogP contribution >= 0.6 is 11.6 Å². The summed E-state index contributed by atoms with van der Waals surface area (Å²) < 4.78 is 0. The SMILES string of the molecule is CCN1C(=O)C2CC=C3C(CC4C(=O)N(Nc5ccc(C)cc5)C(=O)C4(c4ccccc4)C3c3cc(Cl)ccc3O)C2C1=O. The first-order valence-electron chi connectivity index (χ1n) is 15.0. The fourth-order valence-electron chi connectivity index (χ4n) is 8.23. The van der Waals surface area contributed by atoms with Gasteiger partial charge in [-0.15, -0.1) is 0 Å². The Hall–Kier alpha value is -4.43. The molecule has 2 aliphatic carbocycles. The summed E-state index contributed by atoms with van der Waals surface area (Å²) in [6.07, 6.45) is 2.50. The van der Waals surface area contributed by atoms with Gasteiger partial charge in [-0.2, -0.15) is 5.01 Å². The minimum atomic E-state index is -1.45. The third-order valence-corrected chi connectivity index (χ3v) is 10.3. The number of benzene rings is 3. The first-order chi connectivity index (χ1) is 21.2. The maximum Gasteiger partial charge on any atom is 0.260 e. The highest BCUT2D eigenvalue weighted by Gasteiger charge is 2.70. The van der Waals surface area contributed by atoms with Gasteiger partial charge in [-0.1, -0.05) is 71.3 Å². The normalized spacial score (nSPS) is 29.3. The summed E-state index contributed by atoms with van der Waals surface area (Å²) in [6.45, 7) is 4.01. The van der Waals surface area contributed by atoms with Gasteiger partial charge in [0, 0.05) is 23.0 Å². The zero-order chi connectivity index (χ0) is 30.9. The zero-order valence-electron chi connectivity index (χ0n) is 24.4. The molecule has 0 radical (unpaired) electrons. The highest BCUT2D eigenvalue weighted by Crippen LogP contribution is 2.65. The molecular weight excluding hydrogens is 578 g/mol. The van der Waals surface area contributed by atoms with Crippen LogP contribution in [0, 0.1) is 30.6 Å². The van der Waals surface area contributed by atoms with Gasteiger partial charge in [0.2, 0.25) is 11.8 Å². The van der Waals surface area contributed by atoms with Gasteiger partial charge in [0.1, 0.15) is 5.75 Å². The van der Waals surface area contributed by atoms with E-state index in [-0.39, 0.29) is 30.5 Å². The van der Waals surface area contributed by atoms with E-state index in [0.29, 0.717) is 28.3 Å². The Bertz CT molecular complexity index is 1740. The largest absolute Gasteiger partial charge is 0.508 e. The molecule has 2 N–H and O–H groups in total. The first-order valence-corrected chi connectivity index (χ1v) is 15.4. The number of nitrogens with zero attached hydrogens (tertiary/aromatic N) is 2. The number of rotatable bonds is 5. The number of aromatic hydroxyl groups is 1. The summed E-state index contributed by atoms with van der Waals surface area (Å²) >= 11 is 6.52. The second-order valence-electron chi connectivity index (χ2n) is 12.2. The van der Waals surface area contributed by atoms with Crippen LogP contribution in [0.4, 0.5) is 5.69 Å². The van der Waals surface area contributed by atoms with Gasteiger partial charge in [-0.25, -0.2) is 0 Å². The van der Waals surface area contributed by atoms with Crippen LogP contribution in [0.25, 0.3) is 0 Å². The Balaban J connectivity index is 1.47. The van der Waals surface area contributed by atoms with Gasteiger partial charge in [-0.3, -0.25) is 29.5 Å². The van der Waals surface area contributed by atoms with Crippen molar-refractivity contribution in [3.63, 3.8) is 0 Å². The molecule has 4 aliphatic rings. The Morgan fingerprint density at radius 3 is 2.36 bits per heavy atom. The number of hydrogen-bond donors (Lipinski definition) is 2. The zero-order valence-corrected chi connectivity index (χ0v) is 25.1. The molecular formula is C35H32ClN3O5. The third kappa shape index (κ3) is 3.90. The third-order valence-electron chi connectivity index (χ3n) is 10.1. The number of hydrazine groups is 1. The molecule has 7 rings (SSSR count). The highest BCUT2D eigenvalue weighted by atomic mass is 35.5. The van der Waals surface area contributed by atoms with Crippen LogP contribution in [0.1, 0.15) is 42.4 Å². The summed E-state index contributed by atoms with van der Waals surface area (Å²) in [4.78, 5) is 57.9. The number of aryl methyl sites for hydroxylation is 1. The fraction of sp³-hybridized carbons (Fsp3) is 0.314. The van der Waals surface area contributed by atoms with Crippen molar-refractivity contribution in [1.82, 2.24) is 9.91 Å². The Labute approximate surface area is 260 Å². The van der Waals surface area contributed by atoms with Crippen molar-refractivity contribution in [1.29, 1.82) is 0 Å². The van der Waals surface area contributed by atoms with Gasteiger partial charge in [0.15, 0.2) is 0 Å². The number of carbonyl (C=O) groups excluding carboxylic acids is 4. The second kappa shape index (κ2) is 10.3. The molecule has 224 valence electrons. The molecule has 2 aliphatic heterocycles. The smallest absolute Gasteiger partial charge is 0.260 e. The summed E-state index contributed by atoms with van der Waals surface area (Å²) in [5.74, 6) is -4.75. The van der Waals surface area contributed by atoms with E-state index in [1.807, 2.05) is 67.6 Å². The number of fused-ring (bicyclic) bond motifs is 4. The van der Waals surface area contributed by atoms with Crippen LogP contribution in [0.3, 0.4) is 0 Å². The number of amides is 4. The van der Waals surface area contributed by atoms with Gasteiger partial charge < -0.3 is 5.11 Å². The quantitative estimate of drug-likeness (QED) is 0.298. The molecule has 0 aromatic heterocycles. The van der Waals surface area contributed by atoms with Crippen LogP contribution in [0.2, 0.25) is 5.02 Å². The predicted molar refractivity (Wildman–Crippen MR) is 164 cm³/mol. The summed E-state index contributed by atoms with van der Waals surface area (Å²) in [7, 11) is 0. The molecule has 8 nitrogen and oxygen atoms in total. The Kier molecular flexibility index (Phi) is 6.66. The lowest BCUT2D eigenvalue weighted by molar-refractivity contribution is -0.141. The molecule has 6 unspecified atom stereocenters. The van der Waals surface area contributed by atoms with Gasteiger partial charge in [0.05, 0.1) is 28.9 Å². The van der Waals surface area contributed by atoms with E-state index >= 15 is 4.79 Å². The molecule has 6 atom stereocenters. The Morgan fingerprint density at radius 2 is 1.66 bits per heavy atom. The van der Waals surface area contributed by atoms with Crippen LogP contribution in [-0.2, 0) is 24.6 Å². The van der Waals surface area contributed by atoms with Crippen molar-refractivity contribution in [3.8, 4) is 5.75 Å². The van der Waals surface area contributed by atoms with Crippen molar-refractivity contribution in [2.45, 2.75) is 38.0 Å². The molecule has 1 saturated carbocycles. The molecule has 2 heterocycles.